The normalized spacial score (nSPS) is 10.7. The second-order valence-corrected chi connectivity index (χ2v) is 6.26. The third-order valence-corrected chi connectivity index (χ3v) is 3.97. The van der Waals surface area contributed by atoms with E-state index in [1.807, 2.05) is 78.9 Å². The lowest BCUT2D eigenvalue weighted by molar-refractivity contribution is -0.107. The van der Waals surface area contributed by atoms with Gasteiger partial charge < -0.3 is 9.47 Å². The number of carbonyl (C=O) groups excluding carboxylic acids is 1. The zero-order chi connectivity index (χ0) is 18.9. The maximum absolute atomic E-state index is 11.0. The highest BCUT2D eigenvalue weighted by Crippen LogP contribution is 2.30. The fourth-order valence-corrected chi connectivity index (χ4v) is 2.56. The van der Waals surface area contributed by atoms with Crippen molar-refractivity contribution in [2.45, 2.75) is 13.2 Å². The first-order valence-corrected chi connectivity index (χ1v) is 8.93. The first-order valence-electron chi connectivity index (χ1n) is 8.56. The minimum atomic E-state index is -0.522. The fourth-order valence-electron chi connectivity index (χ4n) is 2.49. The van der Waals surface area contributed by atoms with E-state index in [2.05, 4.69) is 0 Å². The Balaban J connectivity index is 1.78. The molecular formula is C23H19ClO3. The molecule has 0 aliphatic rings. The summed E-state index contributed by atoms with van der Waals surface area (Å²) in [6.45, 7) is 0.863. The maximum atomic E-state index is 11.0. The van der Waals surface area contributed by atoms with Crippen molar-refractivity contribution >= 4 is 22.9 Å². The highest BCUT2D eigenvalue weighted by Gasteiger charge is 2.07. The summed E-state index contributed by atoms with van der Waals surface area (Å²) in [6.07, 6.45) is 2.95. The predicted octanol–water partition coefficient (Wildman–Crippen LogP) is 5.62. The van der Waals surface area contributed by atoms with Crippen LogP contribution in [-0.2, 0) is 18.0 Å². The van der Waals surface area contributed by atoms with Gasteiger partial charge in [-0.25, -0.2) is 0 Å². The standard InChI is InChI=1S/C23H19ClO3/c24-23(25)14-12-18-11-13-21(26-16-19-7-3-1-4-8-19)22(15-18)27-17-20-9-5-2-6-10-20/h1-15H,16-17H2/b14-12+. The Labute approximate surface area is 163 Å². The Morgan fingerprint density at radius 2 is 1.33 bits per heavy atom. The highest BCUT2D eigenvalue weighted by atomic mass is 35.5. The van der Waals surface area contributed by atoms with Crippen LogP contribution in [0.4, 0.5) is 0 Å². The molecule has 0 aliphatic heterocycles. The third-order valence-electron chi connectivity index (χ3n) is 3.85. The molecule has 0 saturated carbocycles. The Morgan fingerprint density at radius 1 is 0.778 bits per heavy atom. The monoisotopic (exact) mass is 378 g/mol. The molecular weight excluding hydrogens is 360 g/mol. The van der Waals surface area contributed by atoms with Gasteiger partial charge in [0.2, 0.25) is 5.24 Å². The van der Waals surface area contributed by atoms with Gasteiger partial charge in [0.1, 0.15) is 13.2 Å². The summed E-state index contributed by atoms with van der Waals surface area (Å²) in [4.78, 5) is 11.0. The van der Waals surface area contributed by atoms with Crippen molar-refractivity contribution in [3.8, 4) is 11.5 Å². The quantitative estimate of drug-likeness (QED) is 0.377. The molecule has 0 spiro atoms. The molecule has 0 saturated heterocycles. The van der Waals surface area contributed by atoms with Crippen molar-refractivity contribution < 1.29 is 14.3 Å². The minimum absolute atomic E-state index is 0.421. The van der Waals surface area contributed by atoms with E-state index in [-0.39, 0.29) is 0 Å². The van der Waals surface area contributed by atoms with Crippen LogP contribution in [0, 0.1) is 0 Å². The zero-order valence-electron chi connectivity index (χ0n) is 14.7. The number of carbonyl (C=O) groups is 1. The molecule has 136 valence electrons. The van der Waals surface area contributed by atoms with Crippen molar-refractivity contribution in [1.29, 1.82) is 0 Å². The van der Waals surface area contributed by atoms with E-state index in [1.165, 1.54) is 6.08 Å². The SMILES string of the molecule is O=C(Cl)/C=C/c1ccc(OCc2ccccc2)c(OCc2ccccc2)c1. The number of benzene rings is 3. The number of allylic oxidation sites excluding steroid dienone is 1. The molecule has 3 aromatic rings. The van der Waals surface area contributed by atoms with Gasteiger partial charge in [-0.05, 0) is 46.5 Å². The molecule has 0 N–H and O–H groups in total. The molecule has 27 heavy (non-hydrogen) atoms. The number of hydrogen-bond acceptors (Lipinski definition) is 3. The minimum Gasteiger partial charge on any atom is -0.485 e. The molecule has 0 unspecified atom stereocenters. The molecule has 0 aromatic heterocycles. The van der Waals surface area contributed by atoms with E-state index in [4.69, 9.17) is 21.1 Å². The van der Waals surface area contributed by atoms with Gasteiger partial charge in [-0.2, -0.15) is 0 Å². The summed E-state index contributed by atoms with van der Waals surface area (Å²) < 4.78 is 11.9. The van der Waals surface area contributed by atoms with Crippen LogP contribution in [0.25, 0.3) is 6.08 Å². The Hall–Kier alpha value is -3.04. The molecule has 4 heteroatoms. The van der Waals surface area contributed by atoms with Crippen LogP contribution in [-0.4, -0.2) is 5.24 Å². The van der Waals surface area contributed by atoms with Crippen LogP contribution in [0.5, 0.6) is 11.5 Å². The second kappa shape index (κ2) is 9.60. The topological polar surface area (TPSA) is 35.5 Å². The van der Waals surface area contributed by atoms with Crippen LogP contribution in [0.3, 0.4) is 0 Å². The lowest BCUT2D eigenvalue weighted by Crippen LogP contribution is -2.01. The first kappa shape index (κ1) is 18.7. The summed E-state index contributed by atoms with van der Waals surface area (Å²) in [5, 5.41) is -0.522. The Morgan fingerprint density at radius 3 is 1.89 bits per heavy atom. The largest absolute Gasteiger partial charge is 0.485 e. The number of ether oxygens (including phenoxy) is 2. The van der Waals surface area contributed by atoms with E-state index < -0.39 is 5.24 Å². The number of hydrogen-bond donors (Lipinski definition) is 0. The Kier molecular flexibility index (Phi) is 6.66. The zero-order valence-corrected chi connectivity index (χ0v) is 15.4. The smallest absolute Gasteiger partial charge is 0.245 e. The van der Waals surface area contributed by atoms with Crippen molar-refractivity contribution in [2.75, 3.05) is 0 Å². The van der Waals surface area contributed by atoms with Crippen molar-refractivity contribution in [3.05, 3.63) is 102 Å². The summed E-state index contributed by atoms with van der Waals surface area (Å²) in [7, 11) is 0. The average molecular weight is 379 g/mol. The van der Waals surface area contributed by atoms with Crippen molar-refractivity contribution in [1.82, 2.24) is 0 Å². The molecule has 0 aliphatic carbocycles. The van der Waals surface area contributed by atoms with E-state index >= 15 is 0 Å². The van der Waals surface area contributed by atoms with E-state index in [1.54, 1.807) is 6.08 Å². The lowest BCUT2D eigenvalue weighted by Gasteiger charge is -2.14. The van der Waals surface area contributed by atoms with Gasteiger partial charge in [-0.1, -0.05) is 72.8 Å². The first-order chi connectivity index (χ1) is 13.2. The van der Waals surface area contributed by atoms with Crippen LogP contribution in [0.1, 0.15) is 16.7 Å². The van der Waals surface area contributed by atoms with E-state index in [0.29, 0.717) is 24.7 Å². The molecule has 0 fully saturated rings. The average Bonchev–Trinajstić information content (AvgIpc) is 2.71. The number of halogens is 1. The molecule has 3 nitrogen and oxygen atoms in total. The third kappa shape index (κ3) is 6.01. The van der Waals surface area contributed by atoms with Gasteiger partial charge in [0.15, 0.2) is 11.5 Å². The van der Waals surface area contributed by atoms with E-state index in [0.717, 1.165) is 16.7 Å². The lowest BCUT2D eigenvalue weighted by atomic mass is 10.2. The van der Waals surface area contributed by atoms with Crippen molar-refractivity contribution in [3.63, 3.8) is 0 Å². The van der Waals surface area contributed by atoms with Gasteiger partial charge in [-0.15, -0.1) is 0 Å². The van der Waals surface area contributed by atoms with Crippen molar-refractivity contribution in [2.24, 2.45) is 0 Å². The molecule has 3 rings (SSSR count). The Bertz CT molecular complexity index is 905. The molecule has 0 atom stereocenters. The number of rotatable bonds is 8. The van der Waals surface area contributed by atoms with Crippen LogP contribution < -0.4 is 9.47 Å². The molecule has 3 aromatic carbocycles. The summed E-state index contributed by atoms with van der Waals surface area (Å²) in [5.74, 6) is 1.25. The molecule has 0 bridgehead atoms. The van der Waals surface area contributed by atoms with Gasteiger partial charge in [-0.3, -0.25) is 4.79 Å². The van der Waals surface area contributed by atoms with Gasteiger partial charge in [0.05, 0.1) is 0 Å². The summed E-state index contributed by atoms with van der Waals surface area (Å²) >= 11 is 5.38. The van der Waals surface area contributed by atoms with Gasteiger partial charge in [0.25, 0.3) is 0 Å². The molecule has 0 amide bonds. The molecule has 0 heterocycles. The van der Waals surface area contributed by atoms with Crippen LogP contribution in [0.2, 0.25) is 0 Å². The summed E-state index contributed by atoms with van der Waals surface area (Å²) in [5.41, 5.74) is 2.94. The summed E-state index contributed by atoms with van der Waals surface area (Å²) in [6, 6.07) is 25.4. The molecule has 0 radical (unpaired) electrons. The fraction of sp³-hybridized carbons (Fsp3) is 0.0870. The maximum Gasteiger partial charge on any atom is 0.245 e. The van der Waals surface area contributed by atoms with Gasteiger partial charge in [0, 0.05) is 0 Å². The van der Waals surface area contributed by atoms with Crippen LogP contribution >= 0.6 is 11.6 Å². The van der Waals surface area contributed by atoms with Crippen LogP contribution in [0.15, 0.2) is 84.9 Å². The highest BCUT2D eigenvalue weighted by molar-refractivity contribution is 6.66. The second-order valence-electron chi connectivity index (χ2n) is 5.89. The van der Waals surface area contributed by atoms with E-state index in [9.17, 15) is 4.79 Å². The predicted molar refractivity (Wildman–Crippen MR) is 108 cm³/mol. The van der Waals surface area contributed by atoms with Gasteiger partial charge >= 0.3 is 0 Å².